The summed E-state index contributed by atoms with van der Waals surface area (Å²) in [5.41, 5.74) is 13.2. The van der Waals surface area contributed by atoms with Gasteiger partial charge in [-0.1, -0.05) is 62.9 Å². The molecule has 0 radical (unpaired) electrons. The first-order valence-electron chi connectivity index (χ1n) is 22.1. The summed E-state index contributed by atoms with van der Waals surface area (Å²) < 4.78 is 30.9. The van der Waals surface area contributed by atoms with Crippen LogP contribution in [-0.2, 0) is 0 Å². The van der Waals surface area contributed by atoms with E-state index in [0.717, 1.165) is 51.5 Å². The zero-order valence-corrected chi connectivity index (χ0v) is 46.7. The van der Waals surface area contributed by atoms with Crippen molar-refractivity contribution < 1.29 is 54.6 Å². The predicted octanol–water partition coefficient (Wildman–Crippen LogP) is 6.30. The average molecular weight is 1150 g/mol. The van der Waals surface area contributed by atoms with Crippen molar-refractivity contribution in [2.45, 2.75) is 35.6 Å². The second-order valence-electron chi connectivity index (χ2n) is 14.1. The van der Waals surface area contributed by atoms with Gasteiger partial charge in [-0.2, -0.15) is 7.11 Å². The Kier molecular flexibility index (Phi) is 30.1. The number of nitrogens with one attached hydrogen (secondary N) is 1. The number of para-hydroxylation sites is 3. The van der Waals surface area contributed by atoms with Crippen LogP contribution in [0.3, 0.4) is 0 Å². The molecule has 0 aliphatic rings. The van der Waals surface area contributed by atoms with Crippen LogP contribution >= 0.6 is 27.5 Å². The molecular weight excluding hydrogens is 1090 g/mol. The number of aromatic nitrogens is 14. The average Bonchev–Trinajstić information content (AvgIpc) is 3.43. The van der Waals surface area contributed by atoms with E-state index in [1.165, 1.54) is 25.7 Å². The van der Waals surface area contributed by atoms with Gasteiger partial charge in [0.1, 0.15) is 56.3 Å². The normalized spacial score (nSPS) is 9.58. The van der Waals surface area contributed by atoms with Crippen LogP contribution in [0, 0.1) is 20.8 Å². The molecule has 400 valence electrons. The quantitative estimate of drug-likeness (QED) is 0.116. The summed E-state index contributed by atoms with van der Waals surface area (Å²) in [6, 6.07) is 23.4. The Morgan fingerprint density at radius 1 is 0.571 bits per heavy atom. The topological polar surface area (TPSA) is 299 Å². The Morgan fingerprint density at radius 3 is 1.47 bits per heavy atom. The minimum absolute atomic E-state index is 0. The summed E-state index contributed by atoms with van der Waals surface area (Å²) in [5.74, 6) is 7.21. The smallest absolute Gasteiger partial charge is 0.857 e. The number of nitrogen functional groups attached to an aromatic ring is 2. The van der Waals surface area contributed by atoms with Crippen LogP contribution in [0.1, 0.15) is 33.7 Å². The van der Waals surface area contributed by atoms with Gasteiger partial charge in [-0.25, -0.2) is 69.8 Å². The van der Waals surface area contributed by atoms with Gasteiger partial charge in [-0.3, -0.25) is 4.39 Å². The Bertz CT molecular complexity index is 3280. The molecule has 0 amide bonds. The van der Waals surface area contributed by atoms with Gasteiger partial charge in [0, 0.05) is 23.2 Å². The van der Waals surface area contributed by atoms with Gasteiger partial charge >= 0.3 is 29.6 Å². The molecule has 0 aliphatic carbocycles. The number of hydrogen-bond donors (Lipinski definition) is 3. The summed E-state index contributed by atoms with van der Waals surface area (Å²) in [7, 11) is 6.30. The largest absolute Gasteiger partial charge is 1.00 e. The van der Waals surface area contributed by atoms with Crippen LogP contribution < -0.4 is 70.6 Å². The first-order chi connectivity index (χ1) is 36.2. The van der Waals surface area contributed by atoms with E-state index in [4.69, 9.17) is 43.8 Å². The summed E-state index contributed by atoms with van der Waals surface area (Å²) in [6.07, 6.45) is 12.4. The molecule has 7 heterocycles. The number of benzene rings is 3. The molecule has 5 N–H and O–H groups in total. The zero-order valence-electron chi connectivity index (χ0n) is 43.4. The molecule has 0 fully saturated rings. The van der Waals surface area contributed by atoms with Gasteiger partial charge in [0.15, 0.2) is 5.82 Å². The van der Waals surface area contributed by atoms with Crippen molar-refractivity contribution in [2.24, 2.45) is 0 Å². The van der Waals surface area contributed by atoms with Crippen LogP contribution in [0.2, 0.25) is 5.15 Å². The molecule has 0 saturated carbocycles. The van der Waals surface area contributed by atoms with Crippen molar-refractivity contribution in [3.8, 4) is 17.6 Å². The number of nitrogens with two attached hydrogens (primary N) is 2. The molecule has 22 nitrogen and oxygen atoms in total. The standard InChI is InChI=1S/C15H15N5O.C14H13N5O.C9H7ClN2.C5H7N3O.C4H4BrN3.CH3F.CH3O.2CH4.Na/c1-10-18-12-7-5-4-6-11(12)15(19-10)20(2)13-8-17-14(21-3)9-16-13;1-9-17-11-6-4-3-5-10(11)14(18-9)19-12-7-16-13(20-2)8-15-12;1-6-11-8-5-3-2-4-7(8)9(10)12-6;1-9-5-3-7-4(6)2-8-5;5-3-1-8-4(6)2-7-3;2*1-2;;;/h4-9H,1-3H3;3-8H,1-2H3,(H,15,17,18,19);2-5H,1H3;2-3H,1H3,(H2,6,7);1-2H,(H2,6,8);2*1H3;2*1H4;/q;;;;;;-1;;;+1/i;;;;;1D;;;;. The van der Waals surface area contributed by atoms with Crippen molar-refractivity contribution >= 4 is 95.1 Å². The molecule has 10 rings (SSSR count). The number of ether oxygens (including phenoxy) is 3. The minimum Gasteiger partial charge on any atom is -0.857 e. The van der Waals surface area contributed by atoms with Gasteiger partial charge in [-0.05, 0) is 73.1 Å². The van der Waals surface area contributed by atoms with Gasteiger partial charge in [0.2, 0.25) is 17.6 Å². The van der Waals surface area contributed by atoms with Gasteiger partial charge in [-0.15, -0.1) is 0 Å². The van der Waals surface area contributed by atoms with E-state index in [1.807, 2.05) is 106 Å². The Balaban J connectivity index is 0.000000493. The molecule has 0 atom stereocenters. The fraction of sp³-hybridized carbons (Fsp3) is 0.216. The molecule has 26 heteroatoms. The van der Waals surface area contributed by atoms with Crippen LogP contribution in [0.4, 0.5) is 39.3 Å². The Hall–Kier alpha value is -7.74. The number of rotatable bonds is 7. The van der Waals surface area contributed by atoms with E-state index in [-0.39, 0.29) is 44.4 Å². The third-order valence-corrected chi connectivity index (χ3v) is 9.84. The van der Waals surface area contributed by atoms with Crippen molar-refractivity contribution in [2.75, 3.05) is 64.3 Å². The number of hydrogen-bond acceptors (Lipinski definition) is 22. The monoisotopic (exact) mass is 1150 g/mol. The molecule has 10 aromatic rings. The first-order valence-corrected chi connectivity index (χ1v) is 22.6. The van der Waals surface area contributed by atoms with Crippen LogP contribution in [0.25, 0.3) is 32.7 Å². The maximum Gasteiger partial charge on any atom is 1.00 e. The fourth-order valence-electron chi connectivity index (χ4n) is 5.92. The van der Waals surface area contributed by atoms with E-state index in [1.54, 1.807) is 45.2 Å². The van der Waals surface area contributed by atoms with E-state index in [9.17, 15) is 4.39 Å². The molecule has 0 aliphatic heterocycles. The van der Waals surface area contributed by atoms with Gasteiger partial charge in [0.25, 0.3) is 0 Å². The first kappa shape index (κ1) is 65.4. The molecule has 0 saturated heterocycles. The number of fused-ring (bicyclic) bond motifs is 3. The third kappa shape index (κ3) is 21.1. The van der Waals surface area contributed by atoms with E-state index in [0.29, 0.717) is 68.1 Å². The number of aryl methyl sites for hydroxylation is 3. The van der Waals surface area contributed by atoms with E-state index < -0.39 is 7.15 Å². The molecule has 77 heavy (non-hydrogen) atoms. The van der Waals surface area contributed by atoms with Crippen LogP contribution in [-0.4, -0.2) is 112 Å². The molecule has 0 spiro atoms. The summed E-state index contributed by atoms with van der Waals surface area (Å²) >= 11 is 9.03. The Morgan fingerprint density at radius 2 is 1.00 bits per heavy atom. The van der Waals surface area contributed by atoms with Crippen LogP contribution in [0.5, 0.6) is 17.6 Å². The molecule has 3 aromatic carbocycles. The van der Waals surface area contributed by atoms with Gasteiger partial charge in [0.05, 0.1) is 96.0 Å². The zero-order chi connectivity index (χ0) is 54.7. The maximum absolute atomic E-state index is 9.96. The Labute approximate surface area is 483 Å². The second-order valence-corrected chi connectivity index (χ2v) is 15.3. The van der Waals surface area contributed by atoms with E-state index >= 15 is 0 Å². The maximum atomic E-state index is 9.96. The van der Waals surface area contributed by atoms with Gasteiger partial charge < -0.3 is 41.0 Å². The number of anilines is 6. The number of nitrogens with zero attached hydrogens (tertiary/aromatic N) is 15. The van der Waals surface area contributed by atoms with Crippen molar-refractivity contribution in [1.29, 1.82) is 0 Å². The summed E-state index contributed by atoms with van der Waals surface area (Å²) in [5, 5.41) is 14.8. The number of methoxy groups -OCH3 is 3. The van der Waals surface area contributed by atoms with Crippen molar-refractivity contribution in [3.05, 3.63) is 150 Å². The molecule has 0 bridgehead atoms. The third-order valence-electron chi connectivity index (χ3n) is 9.14. The summed E-state index contributed by atoms with van der Waals surface area (Å²) in [6.45, 7) is 5.57. The molecule has 7 aromatic heterocycles. The number of halogens is 3. The second kappa shape index (κ2) is 35.5. The minimum atomic E-state index is -1.00. The summed E-state index contributed by atoms with van der Waals surface area (Å²) in [4.78, 5) is 59.9. The van der Waals surface area contributed by atoms with Crippen LogP contribution in [0.15, 0.2) is 127 Å². The fourth-order valence-corrected chi connectivity index (χ4v) is 6.41. The molecular formula is C51H60BrClFN18NaO4. The number of alkyl halides is 1. The molecule has 0 unspecified atom stereocenters. The SMILES string of the molecule is C.C.COc1cnc(N(C)c2nc(C)nc3ccccc23)cn1.COc1cnc(N)cn1.COc1cnc(Nc2nc(C)nc3ccccc23)cn1.C[O-].Cc1nc(Cl)c2ccccc2n1.Nc1cnc(Br)cn1.[2H]CF.[Na+]. The van der Waals surface area contributed by atoms with E-state index in [2.05, 4.69) is 91.0 Å². The predicted molar refractivity (Wildman–Crippen MR) is 300 cm³/mol. The van der Waals surface area contributed by atoms with Crippen molar-refractivity contribution in [3.63, 3.8) is 0 Å². The van der Waals surface area contributed by atoms with Crippen molar-refractivity contribution in [1.82, 2.24) is 69.8 Å².